The summed E-state index contributed by atoms with van der Waals surface area (Å²) in [6.07, 6.45) is 6.03. The molecule has 0 spiro atoms. The summed E-state index contributed by atoms with van der Waals surface area (Å²) in [5.41, 5.74) is 1.97. The lowest BCUT2D eigenvalue weighted by molar-refractivity contribution is 0.196. The molecule has 1 aromatic heterocycles. The Morgan fingerprint density at radius 3 is 2.68 bits per heavy atom. The number of nitrogens with zero attached hydrogens (tertiary/aromatic N) is 3. The molecule has 7 nitrogen and oxygen atoms in total. The van der Waals surface area contributed by atoms with Gasteiger partial charge in [0.05, 0.1) is 25.0 Å². The van der Waals surface area contributed by atoms with Crippen LogP contribution in [0.25, 0.3) is 0 Å². The summed E-state index contributed by atoms with van der Waals surface area (Å²) < 4.78 is 7.21. The van der Waals surface area contributed by atoms with E-state index in [2.05, 4.69) is 40.6 Å². The SMILES string of the molecule is COc1ccccc1NC(=O)Nc1ccnn1C1CCN(CC=C(C)C)CC1. The van der Waals surface area contributed by atoms with Crippen LogP contribution in [-0.2, 0) is 0 Å². The summed E-state index contributed by atoms with van der Waals surface area (Å²) in [5.74, 6) is 1.32. The van der Waals surface area contributed by atoms with E-state index in [1.54, 1.807) is 19.4 Å². The second-order valence-corrected chi connectivity index (χ2v) is 7.25. The predicted octanol–water partition coefficient (Wildman–Crippen LogP) is 4.14. The van der Waals surface area contributed by atoms with E-state index in [4.69, 9.17) is 4.74 Å². The quantitative estimate of drug-likeness (QED) is 0.736. The lowest BCUT2D eigenvalue weighted by Crippen LogP contribution is -2.35. The third-order valence-corrected chi connectivity index (χ3v) is 4.93. The van der Waals surface area contributed by atoms with Gasteiger partial charge in [0, 0.05) is 25.7 Å². The number of allylic oxidation sites excluding steroid dienone is 1. The molecule has 3 rings (SSSR count). The van der Waals surface area contributed by atoms with Crippen LogP contribution < -0.4 is 15.4 Å². The Kier molecular flexibility index (Phi) is 6.71. The average molecular weight is 383 g/mol. The molecule has 0 saturated carbocycles. The van der Waals surface area contributed by atoms with E-state index < -0.39 is 0 Å². The number of aromatic nitrogens is 2. The van der Waals surface area contributed by atoms with Crippen molar-refractivity contribution in [3.8, 4) is 5.75 Å². The molecular weight excluding hydrogens is 354 g/mol. The minimum absolute atomic E-state index is 0.291. The number of anilines is 2. The zero-order valence-electron chi connectivity index (χ0n) is 16.8. The van der Waals surface area contributed by atoms with E-state index in [9.17, 15) is 4.79 Å². The molecule has 1 aliphatic heterocycles. The third-order valence-electron chi connectivity index (χ3n) is 4.93. The predicted molar refractivity (Wildman–Crippen MR) is 112 cm³/mol. The number of carbonyl (C=O) groups excluding carboxylic acids is 1. The van der Waals surface area contributed by atoms with E-state index >= 15 is 0 Å². The molecule has 0 atom stereocenters. The first kappa shape index (κ1) is 19.9. The number of para-hydroxylation sites is 2. The first-order chi connectivity index (χ1) is 13.6. The summed E-state index contributed by atoms with van der Waals surface area (Å²) in [4.78, 5) is 14.9. The van der Waals surface area contributed by atoms with Gasteiger partial charge in [-0.1, -0.05) is 23.8 Å². The number of likely N-dealkylation sites (tertiary alicyclic amines) is 1. The molecule has 1 fully saturated rings. The summed E-state index contributed by atoms with van der Waals surface area (Å²) in [6.45, 7) is 7.32. The number of hydrogen-bond acceptors (Lipinski definition) is 4. The van der Waals surface area contributed by atoms with Crippen LogP contribution in [0.1, 0.15) is 32.7 Å². The van der Waals surface area contributed by atoms with Crippen molar-refractivity contribution in [3.05, 3.63) is 48.2 Å². The fraction of sp³-hybridized carbons (Fsp3) is 0.429. The van der Waals surface area contributed by atoms with Gasteiger partial charge >= 0.3 is 6.03 Å². The van der Waals surface area contributed by atoms with Crippen molar-refractivity contribution in [1.29, 1.82) is 0 Å². The van der Waals surface area contributed by atoms with Crippen LogP contribution in [0, 0.1) is 0 Å². The standard InChI is InChI=1S/C21H29N5O2/c1-16(2)9-13-25-14-10-17(11-15-25)26-20(8-12-22-26)24-21(27)23-18-6-4-5-7-19(18)28-3/h4-9,12,17H,10-11,13-15H2,1-3H3,(H2,23,24,27). The number of methoxy groups -OCH3 is 1. The van der Waals surface area contributed by atoms with Crippen molar-refractivity contribution < 1.29 is 9.53 Å². The van der Waals surface area contributed by atoms with Crippen LogP contribution in [0.15, 0.2) is 48.2 Å². The lowest BCUT2D eigenvalue weighted by atomic mass is 10.1. The number of urea groups is 1. The molecule has 150 valence electrons. The normalized spacial score (nSPS) is 15.1. The number of nitrogens with one attached hydrogen (secondary N) is 2. The van der Waals surface area contributed by atoms with Gasteiger partial charge in [0.15, 0.2) is 0 Å². The minimum Gasteiger partial charge on any atom is -0.495 e. The molecule has 0 unspecified atom stereocenters. The van der Waals surface area contributed by atoms with Gasteiger partial charge in [0.2, 0.25) is 0 Å². The van der Waals surface area contributed by atoms with Crippen molar-refractivity contribution >= 4 is 17.5 Å². The van der Waals surface area contributed by atoms with Gasteiger partial charge in [0.1, 0.15) is 11.6 Å². The van der Waals surface area contributed by atoms with Crippen molar-refractivity contribution in [3.63, 3.8) is 0 Å². The number of carbonyl (C=O) groups is 1. The van der Waals surface area contributed by atoms with E-state index in [0.717, 1.165) is 32.5 Å². The fourth-order valence-corrected chi connectivity index (χ4v) is 3.38. The number of amides is 2. The van der Waals surface area contributed by atoms with Crippen LogP contribution in [-0.4, -0.2) is 47.5 Å². The summed E-state index contributed by atoms with van der Waals surface area (Å²) in [7, 11) is 1.58. The zero-order chi connectivity index (χ0) is 19.9. The molecule has 1 saturated heterocycles. The Hall–Kier alpha value is -2.80. The van der Waals surface area contributed by atoms with Gasteiger partial charge in [0.25, 0.3) is 0 Å². The van der Waals surface area contributed by atoms with E-state index in [0.29, 0.717) is 23.3 Å². The average Bonchev–Trinajstić information content (AvgIpc) is 3.15. The van der Waals surface area contributed by atoms with Gasteiger partial charge in [-0.05, 0) is 38.8 Å². The third kappa shape index (κ3) is 5.13. The van der Waals surface area contributed by atoms with E-state index in [1.807, 2.05) is 28.9 Å². The smallest absolute Gasteiger partial charge is 0.324 e. The Balaban J connectivity index is 1.58. The highest BCUT2D eigenvalue weighted by molar-refractivity contribution is 6.00. The summed E-state index contributed by atoms with van der Waals surface area (Å²) >= 11 is 0. The molecule has 2 amide bonds. The fourth-order valence-electron chi connectivity index (χ4n) is 3.38. The molecule has 1 aliphatic rings. The highest BCUT2D eigenvalue weighted by Crippen LogP contribution is 2.26. The van der Waals surface area contributed by atoms with Crippen molar-refractivity contribution in [1.82, 2.24) is 14.7 Å². The maximum atomic E-state index is 12.5. The molecule has 0 bridgehead atoms. The van der Waals surface area contributed by atoms with Crippen LogP contribution in [0.3, 0.4) is 0 Å². The van der Waals surface area contributed by atoms with Gasteiger partial charge in [-0.15, -0.1) is 0 Å². The monoisotopic (exact) mass is 383 g/mol. The zero-order valence-corrected chi connectivity index (χ0v) is 16.8. The number of ether oxygens (including phenoxy) is 1. The maximum absolute atomic E-state index is 12.5. The number of benzene rings is 1. The molecule has 1 aromatic carbocycles. The van der Waals surface area contributed by atoms with E-state index in [1.165, 1.54) is 5.57 Å². The molecule has 2 aromatic rings. The van der Waals surface area contributed by atoms with E-state index in [-0.39, 0.29) is 6.03 Å². The number of hydrogen-bond donors (Lipinski definition) is 2. The van der Waals surface area contributed by atoms with Gasteiger partial charge in [-0.25, -0.2) is 9.48 Å². The highest BCUT2D eigenvalue weighted by atomic mass is 16.5. The Morgan fingerprint density at radius 2 is 1.96 bits per heavy atom. The number of piperidine rings is 1. The van der Waals surface area contributed by atoms with Crippen LogP contribution in [0.4, 0.5) is 16.3 Å². The van der Waals surface area contributed by atoms with Crippen LogP contribution in [0.5, 0.6) is 5.75 Å². The molecule has 2 heterocycles. The molecular formula is C21H29N5O2. The Morgan fingerprint density at radius 1 is 1.21 bits per heavy atom. The lowest BCUT2D eigenvalue weighted by Gasteiger charge is -2.32. The Bertz CT molecular complexity index is 818. The topological polar surface area (TPSA) is 71.4 Å². The minimum atomic E-state index is -0.313. The van der Waals surface area contributed by atoms with Gasteiger partial charge in [-0.3, -0.25) is 10.2 Å². The van der Waals surface area contributed by atoms with Gasteiger partial charge < -0.3 is 10.1 Å². The van der Waals surface area contributed by atoms with Crippen molar-refractivity contribution in [2.45, 2.75) is 32.7 Å². The molecule has 28 heavy (non-hydrogen) atoms. The van der Waals surface area contributed by atoms with Crippen molar-refractivity contribution in [2.24, 2.45) is 0 Å². The largest absolute Gasteiger partial charge is 0.495 e. The summed E-state index contributed by atoms with van der Waals surface area (Å²) in [5, 5.41) is 10.2. The second-order valence-electron chi connectivity index (χ2n) is 7.25. The number of rotatable bonds is 6. The molecule has 7 heteroatoms. The Labute approximate surface area is 166 Å². The second kappa shape index (κ2) is 9.41. The van der Waals surface area contributed by atoms with Gasteiger partial charge in [-0.2, -0.15) is 5.10 Å². The maximum Gasteiger partial charge on any atom is 0.324 e. The molecule has 0 aliphatic carbocycles. The molecule has 2 N–H and O–H groups in total. The first-order valence-electron chi connectivity index (χ1n) is 9.67. The first-order valence-corrected chi connectivity index (χ1v) is 9.67. The highest BCUT2D eigenvalue weighted by Gasteiger charge is 2.22. The summed E-state index contributed by atoms with van der Waals surface area (Å²) in [6, 6.07) is 9.14. The van der Waals surface area contributed by atoms with Crippen LogP contribution in [0.2, 0.25) is 0 Å². The van der Waals surface area contributed by atoms with Crippen LogP contribution >= 0.6 is 0 Å². The molecule has 0 radical (unpaired) electrons. The van der Waals surface area contributed by atoms with Crippen molar-refractivity contribution in [2.75, 3.05) is 37.4 Å².